The quantitative estimate of drug-likeness (QED) is 0.168. The minimum atomic E-state index is -0.450. The number of benzene rings is 3. The van der Waals surface area contributed by atoms with Crippen LogP contribution >= 0.6 is 0 Å². The predicted octanol–water partition coefficient (Wildman–Crippen LogP) is 8.97. The largest absolute Gasteiger partial charge is 0.493 e. The topological polar surface area (TPSA) is 122 Å². The van der Waals surface area contributed by atoms with Gasteiger partial charge in [-0.05, 0) is 94.1 Å². The molecule has 3 aromatic carbocycles. The first-order valence-corrected chi connectivity index (χ1v) is 18.5. The fourth-order valence-corrected chi connectivity index (χ4v) is 5.99. The SMILES string of the molecule is CC.CCCC(C)(C(C)=O)c1ccc(OC)c(OC)c1.COc1ccc(C(C)C(C)=O)cc1OC.COc1ccc(C2(C)CC(=O)N(C)N=C2C)cc1OC. The van der Waals surface area contributed by atoms with E-state index in [1.807, 2.05) is 96.1 Å². The van der Waals surface area contributed by atoms with Crippen LogP contribution in [0.5, 0.6) is 34.5 Å². The number of rotatable bonds is 13. The van der Waals surface area contributed by atoms with E-state index in [0.717, 1.165) is 35.2 Å². The number of carbonyl (C=O) groups excluding carboxylic acids is 3. The predicted molar refractivity (Wildman–Crippen MR) is 220 cm³/mol. The highest BCUT2D eigenvalue weighted by molar-refractivity contribution is 6.00. The van der Waals surface area contributed by atoms with E-state index in [1.54, 1.807) is 63.6 Å². The van der Waals surface area contributed by atoms with Gasteiger partial charge in [-0.15, -0.1) is 0 Å². The Morgan fingerprint density at radius 1 is 0.782 bits per heavy atom. The van der Waals surface area contributed by atoms with Crippen molar-refractivity contribution in [3.63, 3.8) is 0 Å². The number of amides is 1. The van der Waals surface area contributed by atoms with Crippen molar-refractivity contribution in [3.05, 3.63) is 71.3 Å². The van der Waals surface area contributed by atoms with Gasteiger partial charge in [0.05, 0.1) is 48.1 Å². The molecule has 1 amide bonds. The highest BCUT2D eigenvalue weighted by atomic mass is 16.5. The number of methoxy groups -OCH3 is 6. The van der Waals surface area contributed by atoms with Crippen molar-refractivity contribution < 1.29 is 42.8 Å². The molecular formula is C44H64N2O9. The molecule has 0 saturated heterocycles. The van der Waals surface area contributed by atoms with Crippen molar-refractivity contribution in [3.8, 4) is 34.5 Å². The van der Waals surface area contributed by atoms with Gasteiger partial charge in [-0.2, -0.15) is 5.10 Å². The molecule has 11 heteroatoms. The molecule has 304 valence electrons. The highest BCUT2D eigenvalue weighted by Crippen LogP contribution is 2.39. The Kier molecular flexibility index (Phi) is 19.5. The lowest BCUT2D eigenvalue weighted by molar-refractivity contribution is -0.131. The lowest BCUT2D eigenvalue weighted by Gasteiger charge is -2.35. The molecule has 0 bridgehead atoms. The maximum Gasteiger partial charge on any atom is 0.243 e. The Morgan fingerprint density at radius 2 is 1.24 bits per heavy atom. The summed E-state index contributed by atoms with van der Waals surface area (Å²) in [5, 5.41) is 5.72. The zero-order chi connectivity index (χ0) is 42.1. The monoisotopic (exact) mass is 764 g/mol. The average molecular weight is 765 g/mol. The standard InChI is InChI=1S/C15H20N2O3.C15H22O3.C12H16O3.C2H6/c1-10-15(2,9-14(18)17(3)16-10)11-6-7-12(19-4)13(8-11)20-5;1-6-9-15(3,11(2)16)12-7-8-13(17-4)14(10-12)18-5;1-8(9(2)13)10-5-6-11(14-3)12(7-10)15-4;1-2/h6-8H,9H2,1-5H3;7-8,10H,6,9H2,1-5H3;5-8H,1-4H3;1-2H3. The van der Waals surface area contributed by atoms with Gasteiger partial charge < -0.3 is 28.4 Å². The summed E-state index contributed by atoms with van der Waals surface area (Å²) in [7, 11) is 11.3. The second-order valence-electron chi connectivity index (χ2n) is 13.3. The van der Waals surface area contributed by atoms with E-state index >= 15 is 0 Å². The molecule has 0 saturated carbocycles. The molecule has 0 spiro atoms. The second kappa shape index (κ2) is 22.4. The molecule has 1 heterocycles. The van der Waals surface area contributed by atoms with Gasteiger partial charge in [-0.25, -0.2) is 5.01 Å². The number of hydrogen-bond donors (Lipinski definition) is 0. The van der Waals surface area contributed by atoms with E-state index in [0.29, 0.717) is 40.9 Å². The number of Topliss-reactive ketones (excluding diaryl/α,β-unsaturated/α-hetero) is 2. The summed E-state index contributed by atoms with van der Waals surface area (Å²) in [5.41, 5.74) is 2.97. The zero-order valence-corrected chi connectivity index (χ0v) is 36.0. The van der Waals surface area contributed by atoms with E-state index in [1.165, 1.54) is 5.01 Å². The lowest BCUT2D eigenvalue weighted by atomic mass is 9.74. The Balaban J connectivity index is 0.000000407. The van der Waals surface area contributed by atoms with Crippen LogP contribution in [0.25, 0.3) is 0 Å². The third kappa shape index (κ3) is 12.0. The molecule has 0 N–H and O–H groups in total. The zero-order valence-electron chi connectivity index (χ0n) is 36.0. The number of carbonyl (C=O) groups is 3. The summed E-state index contributed by atoms with van der Waals surface area (Å²) in [4.78, 5) is 35.1. The van der Waals surface area contributed by atoms with E-state index in [4.69, 9.17) is 28.4 Å². The van der Waals surface area contributed by atoms with Crippen molar-refractivity contribution in [1.29, 1.82) is 0 Å². The van der Waals surface area contributed by atoms with Crippen molar-refractivity contribution >= 4 is 23.2 Å². The molecule has 3 aromatic rings. The van der Waals surface area contributed by atoms with Crippen molar-refractivity contribution in [2.45, 2.75) is 98.3 Å². The van der Waals surface area contributed by atoms with Gasteiger partial charge in [-0.1, -0.05) is 52.3 Å². The number of ether oxygens (including phenoxy) is 6. The minimum absolute atomic E-state index is 0.00730. The number of hydrogen-bond acceptors (Lipinski definition) is 10. The summed E-state index contributed by atoms with van der Waals surface area (Å²) in [6, 6.07) is 17.0. The van der Waals surface area contributed by atoms with E-state index in [-0.39, 0.29) is 23.4 Å². The van der Waals surface area contributed by atoms with Gasteiger partial charge in [0.15, 0.2) is 34.5 Å². The first-order chi connectivity index (χ1) is 26.0. The third-order valence-corrected chi connectivity index (χ3v) is 10.1. The first kappa shape index (κ1) is 48.0. The maximum absolute atomic E-state index is 12.0. The average Bonchev–Trinajstić information content (AvgIpc) is 3.20. The molecule has 0 radical (unpaired) electrons. The molecule has 1 aliphatic heterocycles. The summed E-state index contributed by atoms with van der Waals surface area (Å²) in [6.07, 6.45) is 2.19. The van der Waals surface area contributed by atoms with Crippen LogP contribution in [0.2, 0.25) is 0 Å². The van der Waals surface area contributed by atoms with Crippen LogP contribution in [0, 0.1) is 0 Å². The third-order valence-electron chi connectivity index (χ3n) is 10.1. The van der Waals surface area contributed by atoms with Gasteiger partial charge in [0.1, 0.15) is 11.6 Å². The van der Waals surface area contributed by atoms with E-state index in [9.17, 15) is 14.4 Å². The number of ketones is 2. The highest BCUT2D eigenvalue weighted by Gasteiger charge is 2.38. The molecule has 0 aromatic heterocycles. The molecule has 11 nitrogen and oxygen atoms in total. The minimum Gasteiger partial charge on any atom is -0.493 e. The molecular weight excluding hydrogens is 700 g/mol. The van der Waals surface area contributed by atoms with Crippen LogP contribution < -0.4 is 28.4 Å². The lowest BCUT2D eigenvalue weighted by Crippen LogP contribution is -2.43. The van der Waals surface area contributed by atoms with Crippen molar-refractivity contribution in [1.82, 2.24) is 5.01 Å². The summed E-state index contributed by atoms with van der Waals surface area (Å²) >= 11 is 0. The van der Waals surface area contributed by atoms with Crippen LogP contribution in [-0.2, 0) is 25.2 Å². The molecule has 1 aliphatic rings. The van der Waals surface area contributed by atoms with Gasteiger partial charge in [0, 0.05) is 30.5 Å². The smallest absolute Gasteiger partial charge is 0.243 e. The Bertz CT molecular complexity index is 1750. The van der Waals surface area contributed by atoms with Crippen LogP contribution in [-0.4, -0.2) is 77.9 Å². The van der Waals surface area contributed by atoms with Crippen LogP contribution in [0.4, 0.5) is 0 Å². The molecule has 4 rings (SSSR count). The van der Waals surface area contributed by atoms with Gasteiger partial charge in [-0.3, -0.25) is 14.4 Å². The first-order valence-electron chi connectivity index (χ1n) is 18.5. The molecule has 55 heavy (non-hydrogen) atoms. The number of hydrazone groups is 1. The Hall–Kier alpha value is -5.06. The summed E-state index contributed by atoms with van der Waals surface area (Å²) in [6.45, 7) is 17.1. The van der Waals surface area contributed by atoms with Crippen LogP contribution in [0.1, 0.15) is 104 Å². The van der Waals surface area contributed by atoms with E-state index in [2.05, 4.69) is 12.0 Å². The second-order valence-corrected chi connectivity index (χ2v) is 13.3. The van der Waals surface area contributed by atoms with Gasteiger partial charge >= 0.3 is 0 Å². The molecule has 0 fully saturated rings. The number of nitrogens with zero attached hydrogens (tertiary/aromatic N) is 2. The molecule has 0 aliphatic carbocycles. The van der Waals surface area contributed by atoms with Crippen LogP contribution in [0.15, 0.2) is 59.7 Å². The Labute approximate surface area is 329 Å². The maximum atomic E-state index is 12.0. The van der Waals surface area contributed by atoms with E-state index < -0.39 is 10.8 Å². The molecule has 3 atom stereocenters. The van der Waals surface area contributed by atoms with Crippen molar-refractivity contribution in [2.75, 3.05) is 49.7 Å². The van der Waals surface area contributed by atoms with Gasteiger partial charge in [0.2, 0.25) is 5.91 Å². The summed E-state index contributed by atoms with van der Waals surface area (Å²) in [5.74, 6) is 4.23. The van der Waals surface area contributed by atoms with Crippen molar-refractivity contribution in [2.24, 2.45) is 5.10 Å². The van der Waals surface area contributed by atoms with Crippen LogP contribution in [0.3, 0.4) is 0 Å². The fourth-order valence-electron chi connectivity index (χ4n) is 5.99. The summed E-state index contributed by atoms with van der Waals surface area (Å²) < 4.78 is 31.4. The van der Waals surface area contributed by atoms with Gasteiger partial charge in [0.25, 0.3) is 0 Å². The Morgan fingerprint density at radius 3 is 1.69 bits per heavy atom. The molecule has 3 unspecified atom stereocenters. The normalized spacial score (nSPS) is 16.1. The fraction of sp³-hybridized carbons (Fsp3) is 0.500.